The average molecular weight is 320 g/mol. The number of aromatic nitrogens is 2. The Kier molecular flexibility index (Phi) is 3.99. The number of hydrogen-bond donors (Lipinski definition) is 0. The van der Waals surface area contributed by atoms with E-state index in [1.54, 1.807) is 23.7 Å². The van der Waals surface area contributed by atoms with Crippen LogP contribution in [-0.2, 0) is 11.8 Å². The fraction of sp³-hybridized carbons (Fsp3) is 0.400. The molecule has 0 bridgehead atoms. The first kappa shape index (κ1) is 15.4. The first-order valence-electron chi connectivity index (χ1n) is 7.27. The molecule has 1 aliphatic heterocycles. The van der Waals surface area contributed by atoms with Gasteiger partial charge in [-0.15, -0.1) is 0 Å². The van der Waals surface area contributed by atoms with E-state index in [4.69, 9.17) is 4.74 Å². The Morgan fingerprint density at radius 1 is 1.35 bits per heavy atom. The summed E-state index contributed by atoms with van der Waals surface area (Å²) in [7, 11) is 1.72. The Labute approximate surface area is 132 Å². The van der Waals surface area contributed by atoms with Crippen LogP contribution in [0.5, 0.6) is 0 Å². The predicted molar refractivity (Wildman–Crippen MR) is 81.8 cm³/mol. The van der Waals surface area contributed by atoms with Gasteiger partial charge in [-0.3, -0.25) is 4.57 Å². The molecule has 0 spiro atoms. The summed E-state index contributed by atoms with van der Waals surface area (Å²) in [6.07, 6.45) is 1.03. The van der Waals surface area contributed by atoms with Crippen molar-refractivity contribution in [2.75, 3.05) is 18.0 Å². The zero-order valence-electron chi connectivity index (χ0n) is 12.8. The minimum atomic E-state index is -0.484. The van der Waals surface area contributed by atoms with Gasteiger partial charge in [0.05, 0.1) is 12.6 Å². The Hall–Kier alpha value is -2.48. The first-order valence-corrected chi connectivity index (χ1v) is 7.27. The van der Waals surface area contributed by atoms with Crippen LogP contribution in [0, 0.1) is 15.9 Å². The van der Waals surface area contributed by atoms with Crippen LogP contribution in [0.4, 0.5) is 16.0 Å². The third kappa shape index (κ3) is 3.02. The monoisotopic (exact) mass is 320 g/mol. The van der Waals surface area contributed by atoms with Crippen LogP contribution < -0.4 is 4.90 Å². The second-order valence-electron chi connectivity index (χ2n) is 5.65. The Bertz CT molecular complexity index is 716. The van der Waals surface area contributed by atoms with Crippen LogP contribution in [-0.4, -0.2) is 33.7 Å². The molecule has 0 unspecified atom stereocenters. The summed E-state index contributed by atoms with van der Waals surface area (Å²) in [5.74, 6) is -0.0199. The van der Waals surface area contributed by atoms with Crippen molar-refractivity contribution in [2.24, 2.45) is 7.05 Å². The lowest BCUT2D eigenvalue weighted by molar-refractivity contribution is -0.388. The first-order chi connectivity index (χ1) is 11.0. The highest BCUT2D eigenvalue weighted by Gasteiger charge is 2.33. The SMILES string of the molecule is C[C@H]1CN(c2c([N+](=O)[O-])ncn2C)C[C@@H](c2ccc(F)cc2)O1. The minimum absolute atomic E-state index is 0.117. The van der Waals surface area contributed by atoms with Gasteiger partial charge in [0.15, 0.2) is 0 Å². The van der Waals surface area contributed by atoms with Gasteiger partial charge in [0.1, 0.15) is 11.9 Å². The number of morpholine rings is 1. The van der Waals surface area contributed by atoms with E-state index in [2.05, 4.69) is 4.98 Å². The van der Waals surface area contributed by atoms with Crippen molar-refractivity contribution in [1.29, 1.82) is 0 Å². The molecule has 0 saturated carbocycles. The molecule has 3 rings (SSSR count). The van der Waals surface area contributed by atoms with E-state index >= 15 is 0 Å². The van der Waals surface area contributed by atoms with Gasteiger partial charge in [-0.2, -0.15) is 0 Å². The molecular formula is C15H17FN4O3. The van der Waals surface area contributed by atoms with E-state index in [0.29, 0.717) is 18.9 Å². The van der Waals surface area contributed by atoms with Gasteiger partial charge in [0.25, 0.3) is 0 Å². The number of rotatable bonds is 3. The quantitative estimate of drug-likeness (QED) is 0.641. The number of anilines is 1. The van der Waals surface area contributed by atoms with Crippen molar-refractivity contribution in [3.8, 4) is 0 Å². The van der Waals surface area contributed by atoms with Crippen LogP contribution in [0.3, 0.4) is 0 Å². The maximum atomic E-state index is 13.1. The molecule has 1 aromatic carbocycles. The standard InChI is InChI=1S/C15H17FN4O3/c1-10-7-19(15-14(20(21)22)17-9-18(15)2)8-13(23-10)11-3-5-12(16)6-4-11/h3-6,9-10,13H,7-8H2,1-2H3/t10-,13-/m0/s1. The Morgan fingerprint density at radius 3 is 2.70 bits per heavy atom. The normalized spacial score (nSPS) is 21.4. The molecule has 2 aromatic rings. The van der Waals surface area contributed by atoms with Crippen molar-refractivity contribution in [2.45, 2.75) is 19.1 Å². The number of hydrogen-bond acceptors (Lipinski definition) is 5. The van der Waals surface area contributed by atoms with E-state index in [-0.39, 0.29) is 23.8 Å². The Balaban J connectivity index is 1.91. The summed E-state index contributed by atoms with van der Waals surface area (Å²) in [5.41, 5.74) is 0.841. The predicted octanol–water partition coefficient (Wildman–Crippen LogP) is 2.43. The molecule has 8 heteroatoms. The molecule has 1 saturated heterocycles. The summed E-state index contributed by atoms with van der Waals surface area (Å²) in [5, 5.41) is 11.2. The second-order valence-corrected chi connectivity index (χ2v) is 5.65. The second kappa shape index (κ2) is 5.96. The molecule has 1 aromatic heterocycles. The fourth-order valence-electron chi connectivity index (χ4n) is 2.89. The molecule has 122 valence electrons. The topological polar surface area (TPSA) is 73.4 Å². The number of halogens is 1. The van der Waals surface area contributed by atoms with Crippen LogP contribution in [0.15, 0.2) is 30.6 Å². The highest BCUT2D eigenvalue weighted by molar-refractivity contribution is 5.55. The molecule has 1 aliphatic rings. The van der Waals surface area contributed by atoms with Gasteiger partial charge >= 0.3 is 5.82 Å². The summed E-state index contributed by atoms with van der Waals surface area (Å²) in [4.78, 5) is 16.4. The van der Waals surface area contributed by atoms with Crippen molar-refractivity contribution in [3.63, 3.8) is 0 Å². The third-order valence-electron chi connectivity index (χ3n) is 3.86. The molecule has 0 N–H and O–H groups in total. The molecule has 0 aliphatic carbocycles. The fourth-order valence-corrected chi connectivity index (χ4v) is 2.89. The molecular weight excluding hydrogens is 303 g/mol. The maximum Gasteiger partial charge on any atom is 0.406 e. The van der Waals surface area contributed by atoms with Crippen molar-refractivity contribution in [1.82, 2.24) is 9.55 Å². The molecule has 2 atom stereocenters. The van der Waals surface area contributed by atoms with Crippen LogP contribution >= 0.6 is 0 Å². The van der Waals surface area contributed by atoms with Crippen molar-refractivity contribution < 1.29 is 14.1 Å². The van der Waals surface area contributed by atoms with Crippen LogP contribution in [0.1, 0.15) is 18.6 Å². The highest BCUT2D eigenvalue weighted by Crippen LogP contribution is 2.32. The lowest BCUT2D eigenvalue weighted by atomic mass is 10.1. The van der Waals surface area contributed by atoms with E-state index in [9.17, 15) is 14.5 Å². The molecule has 23 heavy (non-hydrogen) atoms. The van der Waals surface area contributed by atoms with E-state index in [0.717, 1.165) is 5.56 Å². The number of nitro groups is 1. The smallest absolute Gasteiger partial charge is 0.367 e. The zero-order chi connectivity index (χ0) is 16.6. The number of nitrogens with zero attached hydrogens (tertiary/aromatic N) is 4. The highest BCUT2D eigenvalue weighted by atomic mass is 19.1. The summed E-state index contributed by atoms with van der Waals surface area (Å²) < 4.78 is 20.6. The molecule has 2 heterocycles. The summed E-state index contributed by atoms with van der Waals surface area (Å²) in [6.45, 7) is 2.87. The lowest BCUT2D eigenvalue weighted by Gasteiger charge is -2.37. The van der Waals surface area contributed by atoms with E-state index < -0.39 is 4.92 Å². The lowest BCUT2D eigenvalue weighted by Crippen LogP contribution is -2.43. The summed E-state index contributed by atoms with van der Waals surface area (Å²) >= 11 is 0. The molecule has 7 nitrogen and oxygen atoms in total. The third-order valence-corrected chi connectivity index (χ3v) is 3.86. The maximum absolute atomic E-state index is 13.1. The van der Waals surface area contributed by atoms with Gasteiger partial charge in [-0.1, -0.05) is 12.1 Å². The largest absolute Gasteiger partial charge is 0.406 e. The molecule has 0 radical (unpaired) electrons. The minimum Gasteiger partial charge on any atom is -0.367 e. The number of ether oxygens (including phenoxy) is 1. The molecule has 1 fully saturated rings. The van der Waals surface area contributed by atoms with Crippen LogP contribution in [0.25, 0.3) is 0 Å². The van der Waals surface area contributed by atoms with E-state index in [1.165, 1.54) is 18.5 Å². The van der Waals surface area contributed by atoms with Crippen molar-refractivity contribution in [3.05, 3.63) is 52.1 Å². The van der Waals surface area contributed by atoms with Gasteiger partial charge in [0, 0.05) is 13.6 Å². The average Bonchev–Trinajstić information content (AvgIpc) is 2.89. The number of imidazole rings is 1. The van der Waals surface area contributed by atoms with Gasteiger partial charge in [-0.05, 0) is 34.5 Å². The van der Waals surface area contributed by atoms with Gasteiger partial charge < -0.3 is 19.8 Å². The summed E-state index contributed by atoms with van der Waals surface area (Å²) in [6, 6.07) is 6.12. The van der Waals surface area contributed by atoms with Gasteiger partial charge in [0.2, 0.25) is 12.1 Å². The van der Waals surface area contributed by atoms with Crippen LogP contribution in [0.2, 0.25) is 0 Å². The van der Waals surface area contributed by atoms with E-state index in [1.807, 2.05) is 11.8 Å². The number of benzene rings is 1. The Morgan fingerprint density at radius 2 is 2.04 bits per heavy atom. The van der Waals surface area contributed by atoms with Gasteiger partial charge in [-0.25, -0.2) is 4.39 Å². The number of aryl methyl sites for hydroxylation is 1. The zero-order valence-corrected chi connectivity index (χ0v) is 12.8. The molecule has 0 amide bonds. The van der Waals surface area contributed by atoms with Crippen molar-refractivity contribution >= 4 is 11.6 Å².